The van der Waals surface area contributed by atoms with Crippen LogP contribution >= 0.6 is 0 Å². The summed E-state index contributed by atoms with van der Waals surface area (Å²) in [6, 6.07) is 19.9. The molecule has 0 amide bonds. The molecular weight excluding hydrogens is 280 g/mol. The third-order valence-electron chi connectivity index (χ3n) is 4.31. The average molecular weight is 304 g/mol. The first-order valence-corrected chi connectivity index (χ1v) is 8.41. The molecule has 3 aromatic rings. The van der Waals surface area contributed by atoms with Gasteiger partial charge >= 0.3 is 0 Å². The molecule has 0 spiro atoms. The Kier molecular flexibility index (Phi) is 5.38. The molecule has 0 bridgehead atoms. The van der Waals surface area contributed by atoms with Crippen molar-refractivity contribution in [3.63, 3.8) is 0 Å². The summed E-state index contributed by atoms with van der Waals surface area (Å²) in [4.78, 5) is 4.16. The highest BCUT2D eigenvalue weighted by Gasteiger charge is 2.03. The SMILES string of the molecule is C[C@H](CCCc1ccccc1)NCc1ccc2cnccc2c1. The summed E-state index contributed by atoms with van der Waals surface area (Å²) in [6.07, 6.45) is 7.36. The largest absolute Gasteiger partial charge is 0.310 e. The van der Waals surface area contributed by atoms with Gasteiger partial charge in [-0.05, 0) is 54.8 Å². The molecule has 0 saturated heterocycles. The fourth-order valence-electron chi connectivity index (χ4n) is 2.89. The predicted molar refractivity (Wildman–Crippen MR) is 97.4 cm³/mol. The zero-order valence-electron chi connectivity index (χ0n) is 13.7. The molecule has 118 valence electrons. The first-order chi connectivity index (χ1) is 11.3. The van der Waals surface area contributed by atoms with E-state index in [4.69, 9.17) is 0 Å². The molecule has 1 N–H and O–H groups in total. The van der Waals surface area contributed by atoms with E-state index in [1.807, 2.05) is 12.4 Å². The van der Waals surface area contributed by atoms with Crippen molar-refractivity contribution >= 4 is 10.8 Å². The van der Waals surface area contributed by atoms with E-state index in [1.165, 1.54) is 34.7 Å². The van der Waals surface area contributed by atoms with Crippen molar-refractivity contribution in [1.82, 2.24) is 10.3 Å². The lowest BCUT2D eigenvalue weighted by Gasteiger charge is -2.14. The van der Waals surface area contributed by atoms with Crippen LogP contribution in [-0.2, 0) is 13.0 Å². The number of fused-ring (bicyclic) bond motifs is 1. The second kappa shape index (κ2) is 7.89. The van der Waals surface area contributed by atoms with E-state index in [0.29, 0.717) is 6.04 Å². The van der Waals surface area contributed by atoms with Crippen LogP contribution < -0.4 is 5.32 Å². The van der Waals surface area contributed by atoms with Crippen LogP contribution in [-0.4, -0.2) is 11.0 Å². The highest BCUT2D eigenvalue weighted by molar-refractivity contribution is 5.81. The number of aryl methyl sites for hydroxylation is 1. The lowest BCUT2D eigenvalue weighted by atomic mass is 10.0. The maximum Gasteiger partial charge on any atom is 0.0346 e. The smallest absolute Gasteiger partial charge is 0.0346 e. The Labute approximate surface area is 138 Å². The van der Waals surface area contributed by atoms with Gasteiger partial charge in [0.1, 0.15) is 0 Å². The van der Waals surface area contributed by atoms with Gasteiger partial charge in [-0.2, -0.15) is 0 Å². The number of nitrogens with zero attached hydrogens (tertiary/aromatic N) is 1. The molecule has 0 fully saturated rings. The minimum atomic E-state index is 0.534. The Hall–Kier alpha value is -2.19. The second-order valence-corrected chi connectivity index (χ2v) is 6.22. The minimum Gasteiger partial charge on any atom is -0.310 e. The molecule has 3 rings (SSSR count). The number of aromatic nitrogens is 1. The van der Waals surface area contributed by atoms with Gasteiger partial charge in [-0.3, -0.25) is 4.98 Å². The maximum atomic E-state index is 4.16. The number of nitrogens with one attached hydrogen (secondary N) is 1. The van der Waals surface area contributed by atoms with Gasteiger partial charge in [0, 0.05) is 30.4 Å². The van der Waals surface area contributed by atoms with Gasteiger partial charge < -0.3 is 5.32 Å². The van der Waals surface area contributed by atoms with Crippen molar-refractivity contribution < 1.29 is 0 Å². The van der Waals surface area contributed by atoms with Gasteiger partial charge in [0.25, 0.3) is 0 Å². The molecule has 1 heterocycles. The molecule has 1 aromatic heterocycles. The maximum absolute atomic E-state index is 4.16. The number of rotatable bonds is 7. The Morgan fingerprint density at radius 1 is 0.957 bits per heavy atom. The van der Waals surface area contributed by atoms with E-state index in [0.717, 1.165) is 13.0 Å². The molecule has 0 saturated carbocycles. The van der Waals surface area contributed by atoms with Crippen molar-refractivity contribution in [2.75, 3.05) is 0 Å². The van der Waals surface area contributed by atoms with Crippen LogP contribution in [0.1, 0.15) is 30.9 Å². The van der Waals surface area contributed by atoms with Crippen LogP contribution in [0.3, 0.4) is 0 Å². The number of hydrogen-bond donors (Lipinski definition) is 1. The minimum absolute atomic E-state index is 0.534. The summed E-state index contributed by atoms with van der Waals surface area (Å²) in [6.45, 7) is 3.20. The highest BCUT2D eigenvalue weighted by Crippen LogP contribution is 2.14. The second-order valence-electron chi connectivity index (χ2n) is 6.22. The molecule has 2 heteroatoms. The molecule has 23 heavy (non-hydrogen) atoms. The number of pyridine rings is 1. The van der Waals surface area contributed by atoms with E-state index in [2.05, 4.69) is 71.8 Å². The molecule has 2 nitrogen and oxygen atoms in total. The van der Waals surface area contributed by atoms with Gasteiger partial charge in [-0.25, -0.2) is 0 Å². The molecule has 2 aromatic carbocycles. The zero-order chi connectivity index (χ0) is 15.9. The lowest BCUT2D eigenvalue weighted by molar-refractivity contribution is 0.498. The third kappa shape index (κ3) is 4.64. The van der Waals surface area contributed by atoms with Crippen LogP contribution in [0, 0.1) is 0 Å². The standard InChI is InChI=1S/C21H24N2/c1-17(6-5-9-18-7-3-2-4-8-18)23-15-19-10-11-21-16-22-13-12-20(21)14-19/h2-4,7-8,10-14,16-17,23H,5-6,9,15H2,1H3/t17-/m1/s1. The Morgan fingerprint density at radius 2 is 1.83 bits per heavy atom. The van der Waals surface area contributed by atoms with Gasteiger partial charge in [-0.1, -0.05) is 42.5 Å². The van der Waals surface area contributed by atoms with Crippen LogP contribution in [0.2, 0.25) is 0 Å². The fraction of sp³-hybridized carbons (Fsp3) is 0.286. The normalized spacial score (nSPS) is 12.4. The van der Waals surface area contributed by atoms with Gasteiger partial charge in [0.15, 0.2) is 0 Å². The average Bonchev–Trinajstić information content (AvgIpc) is 2.61. The summed E-state index contributed by atoms with van der Waals surface area (Å²) < 4.78 is 0. The third-order valence-corrected chi connectivity index (χ3v) is 4.31. The fourth-order valence-corrected chi connectivity index (χ4v) is 2.89. The summed E-state index contributed by atoms with van der Waals surface area (Å²) in [5.41, 5.74) is 2.77. The molecular formula is C21H24N2. The van der Waals surface area contributed by atoms with E-state index >= 15 is 0 Å². The van der Waals surface area contributed by atoms with Crippen molar-refractivity contribution in [3.05, 3.63) is 78.1 Å². The quantitative estimate of drug-likeness (QED) is 0.682. The van der Waals surface area contributed by atoms with Crippen LogP contribution in [0.5, 0.6) is 0 Å². The Balaban J connectivity index is 1.45. The van der Waals surface area contributed by atoms with E-state index in [-0.39, 0.29) is 0 Å². The molecule has 0 aliphatic carbocycles. The van der Waals surface area contributed by atoms with Crippen molar-refractivity contribution in [2.24, 2.45) is 0 Å². The monoisotopic (exact) mass is 304 g/mol. The zero-order valence-corrected chi connectivity index (χ0v) is 13.7. The molecule has 0 aliphatic rings. The van der Waals surface area contributed by atoms with Crippen LogP contribution in [0.25, 0.3) is 10.8 Å². The molecule has 0 radical (unpaired) electrons. The summed E-state index contributed by atoms with van der Waals surface area (Å²) in [5.74, 6) is 0. The van der Waals surface area contributed by atoms with Crippen molar-refractivity contribution in [3.8, 4) is 0 Å². The van der Waals surface area contributed by atoms with Crippen LogP contribution in [0.15, 0.2) is 67.0 Å². The first-order valence-electron chi connectivity index (χ1n) is 8.41. The van der Waals surface area contributed by atoms with Crippen molar-refractivity contribution in [2.45, 2.75) is 38.8 Å². The predicted octanol–water partition coefficient (Wildman–Crippen LogP) is 4.74. The van der Waals surface area contributed by atoms with Gasteiger partial charge in [0.05, 0.1) is 0 Å². The Morgan fingerprint density at radius 3 is 2.70 bits per heavy atom. The van der Waals surface area contributed by atoms with E-state index in [1.54, 1.807) is 0 Å². The highest BCUT2D eigenvalue weighted by atomic mass is 14.9. The summed E-state index contributed by atoms with van der Waals surface area (Å²) >= 11 is 0. The summed E-state index contributed by atoms with van der Waals surface area (Å²) in [7, 11) is 0. The Bertz CT molecular complexity index is 737. The van der Waals surface area contributed by atoms with Gasteiger partial charge in [0.2, 0.25) is 0 Å². The molecule has 1 atom stereocenters. The lowest BCUT2D eigenvalue weighted by Crippen LogP contribution is -2.25. The molecule has 0 aliphatic heterocycles. The topological polar surface area (TPSA) is 24.9 Å². The summed E-state index contributed by atoms with van der Waals surface area (Å²) in [5, 5.41) is 6.10. The first kappa shape index (κ1) is 15.7. The van der Waals surface area contributed by atoms with Gasteiger partial charge in [-0.15, -0.1) is 0 Å². The molecule has 0 unspecified atom stereocenters. The number of hydrogen-bond acceptors (Lipinski definition) is 2. The van der Waals surface area contributed by atoms with E-state index in [9.17, 15) is 0 Å². The van der Waals surface area contributed by atoms with Crippen LogP contribution in [0.4, 0.5) is 0 Å². The van der Waals surface area contributed by atoms with E-state index < -0.39 is 0 Å². The van der Waals surface area contributed by atoms with Crippen molar-refractivity contribution in [1.29, 1.82) is 0 Å². The number of benzene rings is 2.